The molecule has 0 saturated carbocycles. The molecule has 0 aliphatic rings. The number of halogens is 1. The van der Waals surface area contributed by atoms with E-state index in [9.17, 15) is 14.5 Å². The first-order valence-electron chi connectivity index (χ1n) is 7.69. The first-order chi connectivity index (χ1) is 12.9. The Bertz CT molecular complexity index is 1190. The molecule has 10 nitrogen and oxygen atoms in total. The fraction of sp³-hybridized carbons (Fsp3) is 0.125. The second kappa shape index (κ2) is 6.12. The smallest absolute Gasteiger partial charge is 0.272 e. The van der Waals surface area contributed by atoms with Gasteiger partial charge in [0.2, 0.25) is 17.7 Å². The molecule has 0 unspecified atom stereocenters. The molecular weight excluding hydrogens is 359 g/mol. The molecule has 1 aromatic carbocycles. The van der Waals surface area contributed by atoms with Crippen LogP contribution in [0.2, 0.25) is 0 Å². The zero-order chi connectivity index (χ0) is 19.1. The lowest BCUT2D eigenvalue weighted by Crippen LogP contribution is -1.98. The van der Waals surface area contributed by atoms with Crippen molar-refractivity contribution in [2.45, 2.75) is 13.8 Å². The average Bonchev–Trinajstić information content (AvgIpc) is 3.20. The van der Waals surface area contributed by atoms with E-state index in [0.717, 1.165) is 12.1 Å². The number of hydrogen-bond acceptors (Lipinski definition) is 8. The summed E-state index contributed by atoms with van der Waals surface area (Å²) in [6.45, 7) is 3.46. The highest BCUT2D eigenvalue weighted by Gasteiger charge is 2.20. The van der Waals surface area contributed by atoms with E-state index >= 15 is 0 Å². The zero-order valence-electron chi connectivity index (χ0n) is 14.1. The Morgan fingerprint density at radius 1 is 1.30 bits per heavy atom. The van der Waals surface area contributed by atoms with Crippen molar-refractivity contribution >= 4 is 11.2 Å². The molecule has 0 atom stereocenters. The summed E-state index contributed by atoms with van der Waals surface area (Å²) in [5, 5.41) is 22.6. The number of hydrogen-bond donors (Lipinski definition) is 0. The van der Waals surface area contributed by atoms with Crippen molar-refractivity contribution in [3.8, 4) is 23.1 Å². The summed E-state index contributed by atoms with van der Waals surface area (Å²) in [6.07, 6.45) is 2.91. The molecule has 0 amide bonds. The minimum Gasteiger partial charge on any atom is -0.434 e. The van der Waals surface area contributed by atoms with Gasteiger partial charge in [0.05, 0.1) is 16.6 Å². The van der Waals surface area contributed by atoms with Crippen LogP contribution in [-0.4, -0.2) is 29.7 Å². The molecule has 0 N–H and O–H groups in total. The van der Waals surface area contributed by atoms with Gasteiger partial charge in [0.15, 0.2) is 11.6 Å². The zero-order valence-corrected chi connectivity index (χ0v) is 14.1. The van der Waals surface area contributed by atoms with Gasteiger partial charge in [-0.25, -0.2) is 8.91 Å². The SMILES string of the molecule is Cc1nnc(-c2cn3ncnc(Oc4ccc([N+](=O)[O-])cc4F)c3c2C)o1. The van der Waals surface area contributed by atoms with E-state index in [0.29, 0.717) is 28.4 Å². The van der Waals surface area contributed by atoms with Gasteiger partial charge >= 0.3 is 0 Å². The van der Waals surface area contributed by atoms with Crippen molar-refractivity contribution in [2.24, 2.45) is 0 Å². The predicted molar refractivity (Wildman–Crippen MR) is 88.9 cm³/mol. The highest BCUT2D eigenvalue weighted by atomic mass is 19.1. The third kappa shape index (κ3) is 2.84. The molecule has 0 fully saturated rings. The molecule has 0 bridgehead atoms. The molecule has 4 rings (SSSR count). The van der Waals surface area contributed by atoms with Crippen LogP contribution < -0.4 is 4.74 Å². The largest absolute Gasteiger partial charge is 0.434 e. The van der Waals surface area contributed by atoms with Crippen molar-refractivity contribution < 1.29 is 18.5 Å². The summed E-state index contributed by atoms with van der Waals surface area (Å²) >= 11 is 0. The number of nitro benzene ring substituents is 1. The Morgan fingerprint density at radius 3 is 2.78 bits per heavy atom. The lowest BCUT2D eigenvalue weighted by molar-refractivity contribution is -0.385. The summed E-state index contributed by atoms with van der Waals surface area (Å²) in [6, 6.07) is 3.10. The molecule has 11 heteroatoms. The van der Waals surface area contributed by atoms with Crippen molar-refractivity contribution in [2.75, 3.05) is 0 Å². The number of benzene rings is 1. The van der Waals surface area contributed by atoms with Crippen LogP contribution in [0.3, 0.4) is 0 Å². The number of nitro groups is 1. The van der Waals surface area contributed by atoms with Gasteiger partial charge in [-0.1, -0.05) is 0 Å². The third-order valence-corrected chi connectivity index (χ3v) is 3.88. The number of ether oxygens (including phenoxy) is 1. The number of aryl methyl sites for hydroxylation is 2. The lowest BCUT2D eigenvalue weighted by atomic mass is 10.2. The van der Waals surface area contributed by atoms with Gasteiger partial charge in [-0.3, -0.25) is 10.1 Å². The average molecular weight is 370 g/mol. The Balaban J connectivity index is 1.79. The van der Waals surface area contributed by atoms with E-state index in [4.69, 9.17) is 9.15 Å². The van der Waals surface area contributed by atoms with Crippen LogP contribution in [0.5, 0.6) is 11.6 Å². The van der Waals surface area contributed by atoms with Crippen LogP contribution in [0.4, 0.5) is 10.1 Å². The molecule has 0 spiro atoms. The van der Waals surface area contributed by atoms with Crippen LogP contribution in [0, 0.1) is 29.8 Å². The molecule has 0 aliphatic heterocycles. The standard InChI is InChI=1S/C16H11FN6O4/c1-8-11(15-21-20-9(2)26-15)6-22-14(8)16(18-7-19-22)27-13-4-3-10(23(24)25)5-12(13)17/h3-7H,1-2H3. The molecule has 0 aliphatic carbocycles. The quantitative estimate of drug-likeness (QED) is 0.396. The minimum atomic E-state index is -0.877. The molecule has 136 valence electrons. The molecule has 0 saturated heterocycles. The number of nitrogens with zero attached hydrogens (tertiary/aromatic N) is 6. The third-order valence-electron chi connectivity index (χ3n) is 3.88. The van der Waals surface area contributed by atoms with Crippen LogP contribution >= 0.6 is 0 Å². The predicted octanol–water partition coefficient (Wildman–Crippen LogP) is 3.24. The number of aromatic nitrogens is 5. The second-order valence-corrected chi connectivity index (χ2v) is 5.63. The van der Waals surface area contributed by atoms with Crippen LogP contribution in [0.1, 0.15) is 11.5 Å². The van der Waals surface area contributed by atoms with Crippen LogP contribution in [0.25, 0.3) is 17.0 Å². The highest BCUT2D eigenvalue weighted by Crippen LogP contribution is 2.34. The molecule has 3 heterocycles. The van der Waals surface area contributed by atoms with Gasteiger partial charge in [-0.2, -0.15) is 10.1 Å². The second-order valence-electron chi connectivity index (χ2n) is 5.63. The fourth-order valence-corrected chi connectivity index (χ4v) is 2.61. The van der Waals surface area contributed by atoms with Gasteiger partial charge in [-0.05, 0) is 18.6 Å². The van der Waals surface area contributed by atoms with Gasteiger partial charge in [0, 0.05) is 19.2 Å². The monoisotopic (exact) mass is 370 g/mol. The maximum Gasteiger partial charge on any atom is 0.272 e. The molecule has 3 aromatic heterocycles. The van der Waals surface area contributed by atoms with E-state index < -0.39 is 10.7 Å². The highest BCUT2D eigenvalue weighted by molar-refractivity contribution is 5.75. The minimum absolute atomic E-state index is 0.0812. The summed E-state index contributed by atoms with van der Waals surface area (Å²) in [7, 11) is 0. The van der Waals surface area contributed by atoms with Gasteiger partial charge in [-0.15, -0.1) is 10.2 Å². The molecule has 4 aromatic rings. The summed E-state index contributed by atoms with van der Waals surface area (Å²) in [5.74, 6) is -0.272. The van der Waals surface area contributed by atoms with E-state index in [-0.39, 0.29) is 17.3 Å². The Morgan fingerprint density at radius 2 is 2.11 bits per heavy atom. The Labute approximate surface area is 150 Å². The lowest BCUT2D eigenvalue weighted by Gasteiger charge is -2.07. The number of fused-ring (bicyclic) bond motifs is 1. The van der Waals surface area contributed by atoms with Gasteiger partial charge < -0.3 is 9.15 Å². The van der Waals surface area contributed by atoms with Gasteiger partial charge in [0.25, 0.3) is 5.69 Å². The van der Waals surface area contributed by atoms with E-state index in [2.05, 4.69) is 20.3 Å². The Hall–Kier alpha value is -3.89. The molecular formula is C16H11FN6O4. The summed E-state index contributed by atoms with van der Waals surface area (Å²) in [5.41, 5.74) is 1.42. The first kappa shape index (κ1) is 16.6. The van der Waals surface area contributed by atoms with E-state index in [1.807, 2.05) is 0 Å². The number of non-ortho nitro benzene ring substituents is 1. The fourth-order valence-electron chi connectivity index (χ4n) is 2.61. The van der Waals surface area contributed by atoms with E-state index in [1.165, 1.54) is 16.9 Å². The van der Waals surface area contributed by atoms with Crippen molar-refractivity contribution in [1.29, 1.82) is 0 Å². The Kier molecular flexibility index (Phi) is 3.76. The first-order valence-corrected chi connectivity index (χ1v) is 7.69. The number of rotatable bonds is 4. The van der Waals surface area contributed by atoms with Gasteiger partial charge in [0.1, 0.15) is 11.8 Å². The van der Waals surface area contributed by atoms with Crippen molar-refractivity contribution in [3.05, 3.63) is 58.1 Å². The summed E-state index contributed by atoms with van der Waals surface area (Å²) in [4.78, 5) is 14.1. The van der Waals surface area contributed by atoms with Crippen LogP contribution in [-0.2, 0) is 0 Å². The molecule has 27 heavy (non-hydrogen) atoms. The molecule has 0 radical (unpaired) electrons. The maximum absolute atomic E-state index is 14.2. The maximum atomic E-state index is 14.2. The topological polar surface area (TPSA) is 121 Å². The normalized spacial score (nSPS) is 11.1. The van der Waals surface area contributed by atoms with Crippen molar-refractivity contribution in [1.82, 2.24) is 24.8 Å². The van der Waals surface area contributed by atoms with Crippen molar-refractivity contribution in [3.63, 3.8) is 0 Å². The van der Waals surface area contributed by atoms with E-state index in [1.54, 1.807) is 20.0 Å². The summed E-state index contributed by atoms with van der Waals surface area (Å²) < 4.78 is 26.7. The van der Waals surface area contributed by atoms with Crippen LogP contribution in [0.15, 0.2) is 35.1 Å².